The van der Waals surface area contributed by atoms with Gasteiger partial charge in [0, 0.05) is 18.2 Å². The zero-order valence-electron chi connectivity index (χ0n) is 11.9. The third-order valence-corrected chi connectivity index (χ3v) is 4.46. The van der Waals surface area contributed by atoms with Crippen LogP contribution in [0.15, 0.2) is 29.2 Å². The van der Waals surface area contributed by atoms with E-state index >= 15 is 0 Å². The van der Waals surface area contributed by atoms with Gasteiger partial charge in [-0.05, 0) is 31.7 Å². The SMILES string of the molecule is CC(C)CCC(C)NS(=O)(=O)c1cccc([N+](=O)[O-])c1. The molecule has 1 atom stereocenters. The molecule has 0 spiro atoms. The highest BCUT2D eigenvalue weighted by atomic mass is 32.2. The van der Waals surface area contributed by atoms with Crippen molar-refractivity contribution >= 4 is 15.7 Å². The summed E-state index contributed by atoms with van der Waals surface area (Å²) >= 11 is 0. The van der Waals surface area contributed by atoms with Crippen LogP contribution in [0.4, 0.5) is 5.69 Å². The lowest BCUT2D eigenvalue weighted by atomic mass is 10.1. The van der Waals surface area contributed by atoms with Crippen LogP contribution in [0.5, 0.6) is 0 Å². The summed E-state index contributed by atoms with van der Waals surface area (Å²) < 4.78 is 26.8. The Morgan fingerprint density at radius 1 is 1.25 bits per heavy atom. The van der Waals surface area contributed by atoms with Crippen molar-refractivity contribution in [2.45, 2.75) is 44.6 Å². The minimum atomic E-state index is -3.72. The largest absolute Gasteiger partial charge is 0.270 e. The maximum atomic E-state index is 12.1. The Bertz CT molecular complexity index is 569. The molecule has 1 N–H and O–H groups in total. The highest BCUT2D eigenvalue weighted by Gasteiger charge is 2.19. The standard InChI is InChI=1S/C13H20N2O4S/c1-10(2)7-8-11(3)14-20(18,19)13-6-4-5-12(9-13)15(16)17/h4-6,9-11,14H,7-8H2,1-3H3. The number of nitrogens with one attached hydrogen (secondary N) is 1. The van der Waals surface area contributed by atoms with Gasteiger partial charge < -0.3 is 0 Å². The van der Waals surface area contributed by atoms with E-state index in [2.05, 4.69) is 18.6 Å². The van der Waals surface area contributed by atoms with Gasteiger partial charge in [-0.3, -0.25) is 10.1 Å². The number of nitro groups is 1. The molecule has 7 heteroatoms. The first kappa shape index (κ1) is 16.6. The number of sulfonamides is 1. The predicted molar refractivity (Wildman–Crippen MR) is 77.0 cm³/mol. The van der Waals surface area contributed by atoms with Crippen molar-refractivity contribution in [1.29, 1.82) is 0 Å². The Labute approximate surface area is 119 Å². The summed E-state index contributed by atoms with van der Waals surface area (Å²) in [7, 11) is -3.72. The van der Waals surface area contributed by atoms with Crippen molar-refractivity contribution in [2.75, 3.05) is 0 Å². The van der Waals surface area contributed by atoms with E-state index in [1.165, 1.54) is 18.2 Å². The van der Waals surface area contributed by atoms with Gasteiger partial charge >= 0.3 is 0 Å². The number of hydrogen-bond donors (Lipinski definition) is 1. The van der Waals surface area contributed by atoms with Crippen LogP contribution < -0.4 is 4.72 Å². The molecule has 0 saturated heterocycles. The third-order valence-electron chi connectivity index (χ3n) is 2.87. The summed E-state index contributed by atoms with van der Waals surface area (Å²) in [5.41, 5.74) is -0.234. The smallest absolute Gasteiger partial charge is 0.258 e. The Balaban J connectivity index is 2.83. The van der Waals surface area contributed by atoms with Crippen molar-refractivity contribution in [2.24, 2.45) is 5.92 Å². The monoisotopic (exact) mass is 300 g/mol. The van der Waals surface area contributed by atoms with Gasteiger partial charge in [-0.1, -0.05) is 19.9 Å². The molecule has 112 valence electrons. The average Bonchev–Trinajstić information content (AvgIpc) is 2.36. The van der Waals surface area contributed by atoms with E-state index in [1.807, 2.05) is 0 Å². The van der Waals surface area contributed by atoms with E-state index in [4.69, 9.17) is 0 Å². The van der Waals surface area contributed by atoms with Gasteiger partial charge in [-0.15, -0.1) is 0 Å². The molecule has 0 aliphatic carbocycles. The van der Waals surface area contributed by atoms with Crippen LogP contribution in [-0.2, 0) is 10.0 Å². The van der Waals surface area contributed by atoms with Gasteiger partial charge in [0.1, 0.15) is 0 Å². The van der Waals surface area contributed by atoms with Crippen LogP contribution in [-0.4, -0.2) is 19.4 Å². The molecule has 6 nitrogen and oxygen atoms in total. The predicted octanol–water partition coefficient (Wildman–Crippen LogP) is 2.70. The molecule has 0 amide bonds. The summed E-state index contributed by atoms with van der Waals surface area (Å²) in [4.78, 5) is 9.98. The Morgan fingerprint density at radius 3 is 2.45 bits per heavy atom. The Hall–Kier alpha value is -1.47. The van der Waals surface area contributed by atoms with Crippen LogP contribution in [0.3, 0.4) is 0 Å². The van der Waals surface area contributed by atoms with Crippen molar-refractivity contribution in [3.8, 4) is 0 Å². The van der Waals surface area contributed by atoms with Crippen LogP contribution in [0.1, 0.15) is 33.6 Å². The summed E-state index contributed by atoms with van der Waals surface area (Å²) in [5.74, 6) is 0.500. The molecule has 0 bridgehead atoms. The summed E-state index contributed by atoms with van der Waals surface area (Å²) in [6, 6.07) is 4.84. The second kappa shape index (κ2) is 6.81. The molecule has 0 aliphatic heterocycles. The van der Waals surface area contributed by atoms with Gasteiger partial charge in [0.05, 0.1) is 9.82 Å². The van der Waals surface area contributed by atoms with Crippen molar-refractivity contribution in [3.63, 3.8) is 0 Å². The minimum Gasteiger partial charge on any atom is -0.258 e. The van der Waals surface area contributed by atoms with Gasteiger partial charge in [0.2, 0.25) is 10.0 Å². The number of benzene rings is 1. The quantitative estimate of drug-likeness (QED) is 0.619. The molecule has 0 aromatic heterocycles. The van der Waals surface area contributed by atoms with Crippen molar-refractivity contribution in [3.05, 3.63) is 34.4 Å². The van der Waals surface area contributed by atoms with Gasteiger partial charge in [0.15, 0.2) is 0 Å². The molecule has 1 unspecified atom stereocenters. The molecule has 1 aromatic rings. The lowest BCUT2D eigenvalue weighted by Gasteiger charge is -2.15. The Morgan fingerprint density at radius 2 is 1.90 bits per heavy atom. The third kappa shape index (κ3) is 4.90. The van der Waals surface area contributed by atoms with E-state index in [0.29, 0.717) is 5.92 Å². The molecule has 1 rings (SSSR count). The topological polar surface area (TPSA) is 89.3 Å². The lowest BCUT2D eigenvalue weighted by Crippen LogP contribution is -2.32. The number of non-ortho nitro benzene ring substituents is 1. The first-order chi connectivity index (χ1) is 9.22. The lowest BCUT2D eigenvalue weighted by molar-refractivity contribution is -0.385. The van der Waals surface area contributed by atoms with Crippen LogP contribution in [0.2, 0.25) is 0 Å². The zero-order chi connectivity index (χ0) is 15.3. The highest BCUT2D eigenvalue weighted by Crippen LogP contribution is 2.18. The van der Waals surface area contributed by atoms with Gasteiger partial charge in [-0.25, -0.2) is 13.1 Å². The molecule has 0 radical (unpaired) electrons. The molecule has 0 heterocycles. The molecule has 1 aromatic carbocycles. The van der Waals surface area contributed by atoms with E-state index in [-0.39, 0.29) is 16.6 Å². The normalized spacial score (nSPS) is 13.4. The van der Waals surface area contributed by atoms with E-state index in [0.717, 1.165) is 18.9 Å². The average molecular weight is 300 g/mol. The summed E-state index contributed by atoms with van der Waals surface area (Å²) in [6.45, 7) is 5.93. The number of hydrogen-bond acceptors (Lipinski definition) is 4. The van der Waals surface area contributed by atoms with Crippen molar-refractivity contribution in [1.82, 2.24) is 4.72 Å². The maximum absolute atomic E-state index is 12.1. The zero-order valence-corrected chi connectivity index (χ0v) is 12.7. The second-order valence-corrected chi connectivity index (χ2v) is 6.96. The first-order valence-electron chi connectivity index (χ1n) is 6.49. The summed E-state index contributed by atoms with van der Waals surface area (Å²) in [6.07, 6.45) is 1.64. The molecule has 0 fully saturated rings. The summed E-state index contributed by atoms with van der Waals surface area (Å²) in [5, 5.41) is 10.7. The Kier molecular flexibility index (Phi) is 5.64. The number of nitro benzene ring substituents is 1. The fourth-order valence-electron chi connectivity index (χ4n) is 1.74. The minimum absolute atomic E-state index is 0.0805. The van der Waals surface area contributed by atoms with Gasteiger partial charge in [0.25, 0.3) is 5.69 Å². The number of nitrogens with zero attached hydrogens (tertiary/aromatic N) is 1. The molecular weight excluding hydrogens is 280 g/mol. The molecular formula is C13H20N2O4S. The fraction of sp³-hybridized carbons (Fsp3) is 0.538. The van der Waals surface area contributed by atoms with Crippen molar-refractivity contribution < 1.29 is 13.3 Å². The number of rotatable bonds is 7. The molecule has 20 heavy (non-hydrogen) atoms. The maximum Gasteiger partial charge on any atom is 0.270 e. The second-order valence-electron chi connectivity index (χ2n) is 5.25. The highest BCUT2D eigenvalue weighted by molar-refractivity contribution is 7.89. The van der Waals surface area contributed by atoms with E-state index in [1.54, 1.807) is 6.92 Å². The van der Waals surface area contributed by atoms with Crippen LogP contribution in [0, 0.1) is 16.0 Å². The first-order valence-corrected chi connectivity index (χ1v) is 7.97. The fourth-order valence-corrected chi connectivity index (χ4v) is 3.06. The van der Waals surface area contributed by atoms with Gasteiger partial charge in [-0.2, -0.15) is 0 Å². The van der Waals surface area contributed by atoms with E-state index < -0.39 is 14.9 Å². The van der Waals surface area contributed by atoms with Crippen LogP contribution >= 0.6 is 0 Å². The molecule has 0 aliphatic rings. The van der Waals surface area contributed by atoms with E-state index in [9.17, 15) is 18.5 Å². The van der Waals surface area contributed by atoms with Crippen LogP contribution in [0.25, 0.3) is 0 Å². The molecule has 0 saturated carbocycles.